The third-order valence-corrected chi connectivity index (χ3v) is 4.39. The largest absolute Gasteiger partial charge is 0.395 e. The monoisotopic (exact) mass is 247 g/mol. The molecule has 1 saturated carbocycles. The van der Waals surface area contributed by atoms with Crippen LogP contribution in [0.3, 0.4) is 0 Å². The Bertz CT molecular complexity index is 555. The van der Waals surface area contributed by atoms with Crippen LogP contribution in [0.5, 0.6) is 0 Å². The van der Waals surface area contributed by atoms with Gasteiger partial charge in [-0.2, -0.15) is 0 Å². The molecule has 1 aromatic heterocycles. The van der Waals surface area contributed by atoms with Gasteiger partial charge in [0.1, 0.15) is 5.52 Å². The van der Waals surface area contributed by atoms with Gasteiger partial charge in [0.15, 0.2) is 0 Å². The number of anilines is 2. The van der Waals surface area contributed by atoms with E-state index in [4.69, 9.17) is 5.73 Å². The zero-order chi connectivity index (χ0) is 12.0. The number of aromatic nitrogens is 1. The summed E-state index contributed by atoms with van der Waals surface area (Å²) in [5, 5.41) is 3.57. The van der Waals surface area contributed by atoms with E-state index in [-0.39, 0.29) is 5.54 Å². The summed E-state index contributed by atoms with van der Waals surface area (Å²) in [6, 6.07) is 4.16. The number of nitrogens with zero attached hydrogens (tertiary/aromatic N) is 1. The Morgan fingerprint density at radius 1 is 1.41 bits per heavy atom. The molecule has 2 aromatic rings. The first-order valence-electron chi connectivity index (χ1n) is 5.98. The zero-order valence-electron chi connectivity index (χ0n) is 10.2. The number of nitrogen functional groups attached to an aromatic ring is 1. The molecule has 1 aliphatic carbocycles. The number of benzene rings is 1. The highest BCUT2D eigenvalue weighted by Crippen LogP contribution is 2.42. The Kier molecular flexibility index (Phi) is 2.30. The molecule has 3 nitrogen and oxygen atoms in total. The van der Waals surface area contributed by atoms with Gasteiger partial charge in [0.2, 0.25) is 0 Å². The van der Waals surface area contributed by atoms with Crippen molar-refractivity contribution in [3.63, 3.8) is 0 Å². The quantitative estimate of drug-likeness (QED) is 0.816. The molecule has 0 spiro atoms. The molecule has 17 heavy (non-hydrogen) atoms. The van der Waals surface area contributed by atoms with Crippen molar-refractivity contribution < 1.29 is 0 Å². The third kappa shape index (κ3) is 1.86. The summed E-state index contributed by atoms with van der Waals surface area (Å²) < 4.78 is 1.15. The summed E-state index contributed by atoms with van der Waals surface area (Å²) >= 11 is 1.63. The second-order valence-corrected chi connectivity index (χ2v) is 6.23. The normalized spacial score (nSPS) is 16.4. The van der Waals surface area contributed by atoms with Crippen molar-refractivity contribution in [2.75, 3.05) is 11.1 Å². The Labute approximate surface area is 105 Å². The number of hydrogen-bond acceptors (Lipinski definition) is 4. The van der Waals surface area contributed by atoms with Crippen molar-refractivity contribution in [2.24, 2.45) is 5.92 Å². The van der Waals surface area contributed by atoms with Crippen LogP contribution in [0.4, 0.5) is 11.4 Å². The van der Waals surface area contributed by atoms with Crippen molar-refractivity contribution in [1.82, 2.24) is 4.98 Å². The lowest BCUT2D eigenvalue weighted by Crippen LogP contribution is -2.33. The average molecular weight is 247 g/mol. The highest BCUT2D eigenvalue weighted by molar-refractivity contribution is 7.16. The molecule has 90 valence electrons. The van der Waals surface area contributed by atoms with E-state index in [1.807, 2.05) is 5.51 Å². The average Bonchev–Trinajstić information content (AvgIpc) is 3.03. The number of nitrogens with one attached hydrogen (secondary N) is 1. The molecule has 1 aromatic carbocycles. The van der Waals surface area contributed by atoms with Crippen LogP contribution in [0.15, 0.2) is 17.6 Å². The van der Waals surface area contributed by atoms with Gasteiger partial charge in [-0.05, 0) is 44.7 Å². The molecule has 0 saturated heterocycles. The fourth-order valence-corrected chi connectivity index (χ4v) is 3.01. The lowest BCUT2D eigenvalue weighted by molar-refractivity contribution is 0.495. The maximum absolute atomic E-state index is 6.17. The van der Waals surface area contributed by atoms with Crippen LogP contribution < -0.4 is 11.1 Å². The van der Waals surface area contributed by atoms with Crippen LogP contribution in [0.2, 0.25) is 0 Å². The van der Waals surface area contributed by atoms with Gasteiger partial charge < -0.3 is 11.1 Å². The fraction of sp³-hybridized carbons (Fsp3) is 0.462. The second kappa shape index (κ2) is 3.60. The summed E-state index contributed by atoms with van der Waals surface area (Å²) in [4.78, 5) is 4.32. The summed E-state index contributed by atoms with van der Waals surface area (Å²) in [6.45, 7) is 4.49. The molecule has 3 N–H and O–H groups in total. The molecule has 0 aliphatic heterocycles. The van der Waals surface area contributed by atoms with Gasteiger partial charge in [-0.25, -0.2) is 4.98 Å². The summed E-state index contributed by atoms with van der Waals surface area (Å²) in [5.41, 5.74) is 10.9. The van der Waals surface area contributed by atoms with Gasteiger partial charge in [0.25, 0.3) is 0 Å². The molecule has 0 atom stereocenters. The van der Waals surface area contributed by atoms with E-state index in [0.29, 0.717) is 0 Å². The lowest BCUT2D eigenvalue weighted by atomic mass is 9.98. The molecule has 3 rings (SSSR count). The van der Waals surface area contributed by atoms with Crippen molar-refractivity contribution in [1.29, 1.82) is 0 Å². The smallest absolute Gasteiger partial charge is 0.106 e. The Balaban J connectivity index is 1.97. The molecule has 1 fully saturated rings. The fourth-order valence-electron chi connectivity index (χ4n) is 2.32. The molecular formula is C13H17N3S. The Morgan fingerprint density at radius 3 is 2.88 bits per heavy atom. The molecule has 0 amide bonds. The van der Waals surface area contributed by atoms with Crippen molar-refractivity contribution in [3.05, 3.63) is 17.6 Å². The van der Waals surface area contributed by atoms with Gasteiger partial charge in [0, 0.05) is 5.54 Å². The van der Waals surface area contributed by atoms with E-state index >= 15 is 0 Å². The van der Waals surface area contributed by atoms with Gasteiger partial charge >= 0.3 is 0 Å². The van der Waals surface area contributed by atoms with Crippen LogP contribution in [0.1, 0.15) is 26.7 Å². The van der Waals surface area contributed by atoms with E-state index < -0.39 is 0 Å². The highest BCUT2D eigenvalue weighted by atomic mass is 32.1. The van der Waals surface area contributed by atoms with E-state index in [1.54, 1.807) is 11.3 Å². The van der Waals surface area contributed by atoms with Gasteiger partial charge in [-0.15, -0.1) is 11.3 Å². The van der Waals surface area contributed by atoms with Crippen LogP contribution in [-0.2, 0) is 0 Å². The highest BCUT2D eigenvalue weighted by Gasteiger charge is 2.37. The number of nitrogens with two attached hydrogens (primary N) is 1. The summed E-state index contributed by atoms with van der Waals surface area (Å²) in [7, 11) is 0. The van der Waals surface area contributed by atoms with Gasteiger partial charge in [0.05, 0.1) is 21.6 Å². The Morgan fingerprint density at radius 2 is 2.18 bits per heavy atom. The molecule has 1 heterocycles. The van der Waals surface area contributed by atoms with E-state index in [0.717, 1.165) is 27.5 Å². The molecular weight excluding hydrogens is 230 g/mol. The van der Waals surface area contributed by atoms with E-state index in [2.05, 4.69) is 36.3 Å². The molecule has 0 bridgehead atoms. The maximum Gasteiger partial charge on any atom is 0.106 e. The van der Waals surface area contributed by atoms with Crippen LogP contribution >= 0.6 is 11.3 Å². The van der Waals surface area contributed by atoms with Crippen LogP contribution in [0.25, 0.3) is 10.2 Å². The topological polar surface area (TPSA) is 50.9 Å². The number of fused-ring (bicyclic) bond motifs is 1. The minimum atomic E-state index is 0.123. The molecule has 1 aliphatic rings. The molecule has 0 unspecified atom stereocenters. The first kappa shape index (κ1) is 10.8. The van der Waals surface area contributed by atoms with E-state index in [1.165, 1.54) is 12.8 Å². The second-order valence-electron chi connectivity index (χ2n) is 5.35. The minimum absolute atomic E-state index is 0.123. The van der Waals surface area contributed by atoms with Crippen molar-refractivity contribution in [2.45, 2.75) is 32.2 Å². The van der Waals surface area contributed by atoms with Crippen molar-refractivity contribution >= 4 is 32.9 Å². The predicted octanol–water partition coefficient (Wildman–Crippen LogP) is 3.48. The molecule has 0 radical (unpaired) electrons. The predicted molar refractivity (Wildman–Crippen MR) is 74.5 cm³/mol. The minimum Gasteiger partial charge on any atom is -0.395 e. The van der Waals surface area contributed by atoms with Gasteiger partial charge in [-0.3, -0.25) is 0 Å². The Hall–Kier alpha value is -1.29. The number of thiazole rings is 1. The standard InChI is InChI=1S/C13H17N3S/c1-13(2,8-3-4-8)16-9-5-6-10-12(11(9)14)15-7-17-10/h5-8,16H,3-4,14H2,1-2H3. The lowest BCUT2D eigenvalue weighted by Gasteiger charge is -2.28. The number of hydrogen-bond donors (Lipinski definition) is 2. The van der Waals surface area contributed by atoms with Crippen LogP contribution in [-0.4, -0.2) is 10.5 Å². The SMILES string of the molecule is CC(C)(Nc1ccc2scnc2c1N)C1CC1. The summed E-state index contributed by atoms with van der Waals surface area (Å²) in [6.07, 6.45) is 2.64. The summed E-state index contributed by atoms with van der Waals surface area (Å²) in [5.74, 6) is 0.771. The van der Waals surface area contributed by atoms with E-state index in [9.17, 15) is 0 Å². The molecule has 4 heteroatoms. The number of rotatable bonds is 3. The zero-order valence-corrected chi connectivity index (χ0v) is 11.0. The first-order valence-corrected chi connectivity index (χ1v) is 6.86. The van der Waals surface area contributed by atoms with Gasteiger partial charge in [-0.1, -0.05) is 0 Å². The maximum atomic E-state index is 6.17. The van der Waals surface area contributed by atoms with Crippen molar-refractivity contribution in [3.8, 4) is 0 Å². The first-order chi connectivity index (χ1) is 8.08. The third-order valence-electron chi connectivity index (χ3n) is 3.60. The van der Waals surface area contributed by atoms with Crippen LogP contribution in [0, 0.1) is 5.92 Å².